The molecule has 3 heterocycles. The Labute approximate surface area is 287 Å². The lowest BCUT2D eigenvalue weighted by Crippen LogP contribution is -2.00. The molecule has 7 aromatic rings. The first-order chi connectivity index (χ1) is 24.1. The van der Waals surface area contributed by atoms with Gasteiger partial charge >= 0.3 is 5.97 Å². The van der Waals surface area contributed by atoms with Gasteiger partial charge in [-0.1, -0.05) is 72.8 Å². The van der Waals surface area contributed by atoms with Crippen LogP contribution in [0, 0.1) is 0 Å². The molecule has 7 nitrogen and oxygen atoms in total. The molecule has 0 aliphatic rings. The first-order valence-corrected chi connectivity index (χ1v) is 16.4. The van der Waals surface area contributed by atoms with Crippen molar-refractivity contribution >= 4 is 39.0 Å². The molecule has 0 aliphatic heterocycles. The molecule has 0 radical (unpaired) electrons. The minimum Gasteiger partial charge on any atom is -0.485 e. The van der Waals surface area contributed by atoms with Crippen molar-refractivity contribution < 1.29 is 24.1 Å². The highest BCUT2D eigenvalue weighted by atomic mass is 32.1. The molecular formula is C41H30N2O5S. The third-order valence-electron chi connectivity index (χ3n) is 7.79. The van der Waals surface area contributed by atoms with E-state index in [0.717, 1.165) is 32.3 Å². The Morgan fingerprint density at radius 3 is 1.82 bits per heavy atom. The lowest BCUT2D eigenvalue weighted by atomic mass is 10.1. The summed E-state index contributed by atoms with van der Waals surface area (Å²) in [5.41, 5.74) is 4.75. The van der Waals surface area contributed by atoms with Crippen LogP contribution in [0.4, 0.5) is 0 Å². The van der Waals surface area contributed by atoms with Crippen LogP contribution in [0.3, 0.4) is 0 Å². The Balaban J connectivity index is 1.33. The van der Waals surface area contributed by atoms with Crippen molar-refractivity contribution in [2.45, 2.75) is 13.2 Å². The van der Waals surface area contributed by atoms with Crippen LogP contribution in [0.15, 0.2) is 146 Å². The van der Waals surface area contributed by atoms with E-state index in [4.69, 9.17) is 14.2 Å². The van der Waals surface area contributed by atoms with E-state index in [9.17, 15) is 9.90 Å². The number of pyridine rings is 2. The van der Waals surface area contributed by atoms with Gasteiger partial charge in [-0.3, -0.25) is 9.97 Å². The van der Waals surface area contributed by atoms with E-state index in [1.54, 1.807) is 43.0 Å². The van der Waals surface area contributed by atoms with Crippen molar-refractivity contribution in [3.63, 3.8) is 0 Å². The molecule has 3 aromatic heterocycles. The highest BCUT2D eigenvalue weighted by molar-refractivity contribution is 7.20. The quantitative estimate of drug-likeness (QED) is 0.130. The molecule has 0 amide bonds. The average Bonchev–Trinajstić information content (AvgIpc) is 3.48. The average molecular weight is 663 g/mol. The van der Waals surface area contributed by atoms with Crippen LogP contribution in [0.25, 0.3) is 32.9 Å². The van der Waals surface area contributed by atoms with Crippen molar-refractivity contribution in [1.82, 2.24) is 9.97 Å². The molecule has 240 valence electrons. The third kappa shape index (κ3) is 7.51. The maximum Gasteiger partial charge on any atom is 0.336 e. The molecule has 7 rings (SSSR count). The predicted molar refractivity (Wildman–Crippen MR) is 193 cm³/mol. The van der Waals surface area contributed by atoms with Crippen LogP contribution >= 0.6 is 11.3 Å². The van der Waals surface area contributed by atoms with Gasteiger partial charge in [0.1, 0.15) is 19.0 Å². The smallest absolute Gasteiger partial charge is 0.336 e. The van der Waals surface area contributed by atoms with Crippen molar-refractivity contribution in [1.29, 1.82) is 0 Å². The normalized spacial score (nSPS) is 11.3. The Morgan fingerprint density at radius 1 is 0.673 bits per heavy atom. The number of benzene rings is 4. The summed E-state index contributed by atoms with van der Waals surface area (Å²) in [6.45, 7) is 0.688. The molecule has 1 N–H and O–H groups in total. The fourth-order valence-corrected chi connectivity index (χ4v) is 6.39. The monoisotopic (exact) mass is 662 g/mol. The molecule has 0 bridgehead atoms. The first-order valence-electron chi connectivity index (χ1n) is 15.6. The van der Waals surface area contributed by atoms with Gasteiger partial charge in [-0.05, 0) is 76.4 Å². The number of carboxylic acids is 1. The molecule has 0 spiro atoms. The molecular weight excluding hydrogens is 633 g/mol. The lowest BCUT2D eigenvalue weighted by molar-refractivity contribution is -0.130. The van der Waals surface area contributed by atoms with Crippen LogP contribution in [-0.4, -0.2) is 21.0 Å². The van der Waals surface area contributed by atoms with Gasteiger partial charge in [-0.25, -0.2) is 4.79 Å². The van der Waals surface area contributed by atoms with Crippen LogP contribution in [0.5, 0.6) is 23.0 Å². The number of nitrogens with zero attached hydrogens (tertiary/aromatic N) is 2. The van der Waals surface area contributed by atoms with E-state index in [0.29, 0.717) is 46.7 Å². The molecule has 8 heteroatoms. The number of fused-ring (bicyclic) bond motifs is 1. The summed E-state index contributed by atoms with van der Waals surface area (Å²) < 4.78 is 20.2. The topological polar surface area (TPSA) is 90.8 Å². The number of hydrogen-bond acceptors (Lipinski definition) is 7. The fraction of sp³-hybridized carbons (Fsp3) is 0.0488. The molecule has 0 saturated heterocycles. The zero-order valence-corrected chi connectivity index (χ0v) is 27.0. The van der Waals surface area contributed by atoms with Crippen LogP contribution < -0.4 is 14.2 Å². The van der Waals surface area contributed by atoms with E-state index in [-0.39, 0.29) is 5.57 Å². The van der Waals surface area contributed by atoms with Gasteiger partial charge < -0.3 is 19.3 Å². The summed E-state index contributed by atoms with van der Waals surface area (Å²) in [4.78, 5) is 21.3. The largest absolute Gasteiger partial charge is 0.485 e. The van der Waals surface area contributed by atoms with Gasteiger partial charge in [-0.15, -0.1) is 11.3 Å². The SMILES string of the molecule is O=C(O)C(=Cc1sc2cc(OCc3ccccc3)c(OCc3ccccc3)cc2c1Oc1ccc(-c2ccncc2)cc1)c1ccncc1. The van der Waals surface area contributed by atoms with Gasteiger partial charge in [0.15, 0.2) is 17.2 Å². The van der Waals surface area contributed by atoms with Gasteiger partial charge in [0.2, 0.25) is 0 Å². The van der Waals surface area contributed by atoms with E-state index in [2.05, 4.69) is 9.97 Å². The Kier molecular flexibility index (Phi) is 9.39. The van der Waals surface area contributed by atoms with Gasteiger partial charge in [0.25, 0.3) is 0 Å². The fourth-order valence-electron chi connectivity index (χ4n) is 5.31. The molecule has 0 unspecified atom stereocenters. The van der Waals surface area contributed by atoms with E-state index in [1.165, 1.54) is 11.3 Å². The predicted octanol–water partition coefficient (Wildman–Crippen LogP) is 9.93. The van der Waals surface area contributed by atoms with Crippen molar-refractivity contribution in [3.05, 3.63) is 168 Å². The number of aromatic nitrogens is 2. The van der Waals surface area contributed by atoms with Gasteiger partial charge in [0, 0.05) is 40.9 Å². The summed E-state index contributed by atoms with van der Waals surface area (Å²) in [5, 5.41) is 11.0. The highest BCUT2D eigenvalue weighted by Crippen LogP contribution is 2.47. The van der Waals surface area contributed by atoms with Crippen LogP contribution in [-0.2, 0) is 18.0 Å². The minimum atomic E-state index is -1.06. The highest BCUT2D eigenvalue weighted by Gasteiger charge is 2.21. The van der Waals surface area contributed by atoms with E-state index < -0.39 is 5.97 Å². The summed E-state index contributed by atoms with van der Waals surface area (Å²) in [5.74, 6) is 1.18. The molecule has 0 fully saturated rings. The van der Waals surface area contributed by atoms with Crippen molar-refractivity contribution in [2.75, 3.05) is 0 Å². The number of ether oxygens (including phenoxy) is 3. The number of carboxylic acid groups (broad SMARTS) is 1. The summed E-state index contributed by atoms with van der Waals surface area (Å²) in [7, 11) is 0. The molecule has 0 aliphatic carbocycles. The molecule has 0 atom stereocenters. The number of thiophene rings is 1. The van der Waals surface area contributed by atoms with E-state index in [1.807, 2.05) is 109 Å². The summed E-state index contributed by atoms with van der Waals surface area (Å²) >= 11 is 1.42. The second-order valence-electron chi connectivity index (χ2n) is 11.1. The zero-order chi connectivity index (χ0) is 33.4. The molecule has 4 aromatic carbocycles. The number of aliphatic carboxylic acids is 1. The maximum atomic E-state index is 12.5. The maximum absolute atomic E-state index is 12.5. The summed E-state index contributed by atoms with van der Waals surface area (Å²) in [6, 6.07) is 38.7. The molecule has 49 heavy (non-hydrogen) atoms. The number of hydrogen-bond donors (Lipinski definition) is 1. The van der Waals surface area contributed by atoms with E-state index >= 15 is 0 Å². The zero-order valence-electron chi connectivity index (χ0n) is 26.2. The van der Waals surface area contributed by atoms with Crippen LogP contribution in [0.1, 0.15) is 21.6 Å². The Bertz CT molecular complexity index is 2200. The van der Waals surface area contributed by atoms with Crippen molar-refractivity contribution in [3.8, 4) is 34.1 Å². The third-order valence-corrected chi connectivity index (χ3v) is 8.87. The van der Waals surface area contributed by atoms with Crippen LogP contribution in [0.2, 0.25) is 0 Å². The lowest BCUT2D eigenvalue weighted by Gasteiger charge is -2.14. The van der Waals surface area contributed by atoms with Gasteiger partial charge in [0.05, 0.1) is 10.5 Å². The number of carbonyl (C=O) groups is 1. The first kappa shape index (κ1) is 31.4. The Morgan fingerprint density at radius 2 is 1.22 bits per heavy atom. The minimum absolute atomic E-state index is 0.118. The van der Waals surface area contributed by atoms with Gasteiger partial charge in [-0.2, -0.15) is 0 Å². The second kappa shape index (κ2) is 14.7. The Hall–Kier alpha value is -6.25. The molecule has 0 saturated carbocycles. The summed E-state index contributed by atoms with van der Waals surface area (Å²) in [6.07, 6.45) is 8.32. The second-order valence-corrected chi connectivity index (χ2v) is 12.2. The standard InChI is InChI=1S/C41H30N2O5S/c44-41(45)34(32-17-21-43-22-18-32)24-39-40(48-33-13-11-30(12-14-33)31-15-19-42-20-16-31)35-23-36(46-26-28-7-3-1-4-8-28)37(25-38(35)49-39)47-27-29-9-5-2-6-10-29/h1-25H,26-27H2,(H,44,45). The number of rotatable bonds is 12. The van der Waals surface area contributed by atoms with Crippen molar-refractivity contribution in [2.24, 2.45) is 0 Å².